The molecule has 0 saturated heterocycles. The van der Waals surface area contributed by atoms with Gasteiger partial charge in [-0.2, -0.15) is 0 Å². The van der Waals surface area contributed by atoms with E-state index in [0.29, 0.717) is 12.4 Å². The van der Waals surface area contributed by atoms with Crippen molar-refractivity contribution >= 4 is 11.7 Å². The number of hydrogen-bond acceptors (Lipinski definition) is 4. The zero-order valence-electron chi connectivity index (χ0n) is 11.8. The number of ether oxygens (including phenoxy) is 1. The molecule has 0 aliphatic carbocycles. The van der Waals surface area contributed by atoms with Crippen molar-refractivity contribution in [1.29, 1.82) is 0 Å². The van der Waals surface area contributed by atoms with Crippen molar-refractivity contribution in [3.8, 4) is 5.75 Å². The highest BCUT2D eigenvalue weighted by atomic mass is 16.5. The Morgan fingerprint density at radius 3 is 2.86 bits per heavy atom. The number of furan rings is 1. The molecule has 3 rings (SSSR count). The zero-order chi connectivity index (χ0) is 14.8. The quantitative estimate of drug-likeness (QED) is 0.938. The number of nitrogens with zero attached hydrogens (tertiary/aromatic N) is 1. The fraction of sp³-hybridized carbons (Fsp3) is 0.312. The normalized spacial score (nSPS) is 15.8. The van der Waals surface area contributed by atoms with Crippen LogP contribution < -0.4 is 9.64 Å². The number of rotatable bonds is 3. The highest BCUT2D eigenvalue weighted by molar-refractivity contribution is 5.84. The van der Waals surface area contributed by atoms with Crippen molar-refractivity contribution in [3.63, 3.8) is 0 Å². The fourth-order valence-corrected chi connectivity index (χ4v) is 2.60. The van der Waals surface area contributed by atoms with Crippen molar-refractivity contribution in [2.75, 3.05) is 18.1 Å². The molecule has 1 unspecified atom stereocenters. The summed E-state index contributed by atoms with van der Waals surface area (Å²) in [6.07, 6.45) is 0.908. The number of para-hydroxylation sites is 2. The van der Waals surface area contributed by atoms with Gasteiger partial charge in [-0.15, -0.1) is 0 Å². The number of carboxylic acid groups (broad SMARTS) is 1. The maximum Gasteiger partial charge on any atom is 0.371 e. The van der Waals surface area contributed by atoms with E-state index in [1.165, 1.54) is 6.07 Å². The fourth-order valence-electron chi connectivity index (χ4n) is 2.60. The van der Waals surface area contributed by atoms with Crippen LogP contribution in [0.25, 0.3) is 0 Å². The Kier molecular flexibility index (Phi) is 3.56. The van der Waals surface area contributed by atoms with E-state index >= 15 is 0 Å². The van der Waals surface area contributed by atoms with Crippen LogP contribution >= 0.6 is 0 Å². The summed E-state index contributed by atoms with van der Waals surface area (Å²) in [5.74, 6) is 0.417. The molecule has 0 fully saturated rings. The second-order valence-electron chi connectivity index (χ2n) is 5.05. The molecule has 0 amide bonds. The summed E-state index contributed by atoms with van der Waals surface area (Å²) in [5, 5.41) is 8.97. The van der Waals surface area contributed by atoms with Gasteiger partial charge in [-0.05, 0) is 37.6 Å². The highest BCUT2D eigenvalue weighted by Crippen LogP contribution is 2.36. The Bertz CT molecular complexity index is 649. The first-order valence-electron chi connectivity index (χ1n) is 6.98. The lowest BCUT2D eigenvalue weighted by Gasteiger charge is -2.29. The summed E-state index contributed by atoms with van der Waals surface area (Å²) in [6, 6.07) is 11.0. The largest absolute Gasteiger partial charge is 0.491 e. The third kappa shape index (κ3) is 2.59. The number of carbonyl (C=O) groups is 1. The molecule has 1 aromatic carbocycles. The van der Waals surface area contributed by atoms with Crippen LogP contribution in [0.3, 0.4) is 0 Å². The number of benzene rings is 1. The maximum absolute atomic E-state index is 10.9. The number of carboxylic acids is 1. The summed E-state index contributed by atoms with van der Waals surface area (Å²) in [7, 11) is 0. The molecule has 21 heavy (non-hydrogen) atoms. The van der Waals surface area contributed by atoms with Gasteiger partial charge < -0.3 is 19.2 Å². The predicted molar refractivity (Wildman–Crippen MR) is 78.0 cm³/mol. The van der Waals surface area contributed by atoms with Gasteiger partial charge in [-0.25, -0.2) is 4.79 Å². The Balaban J connectivity index is 1.93. The minimum absolute atomic E-state index is 0.0313. The van der Waals surface area contributed by atoms with E-state index in [9.17, 15) is 4.79 Å². The Hall–Kier alpha value is -2.43. The van der Waals surface area contributed by atoms with Gasteiger partial charge in [0, 0.05) is 6.54 Å². The molecule has 0 bridgehead atoms. The standard InChI is InChI=1S/C16H17NO4/c1-11(13-7-8-15(21-13)16(18)19)17-9-4-10-20-14-6-3-2-5-12(14)17/h2-3,5-8,11H,4,9-10H2,1H3,(H,18,19). The lowest BCUT2D eigenvalue weighted by molar-refractivity contribution is 0.0659. The molecule has 0 saturated carbocycles. The van der Waals surface area contributed by atoms with Gasteiger partial charge in [0.25, 0.3) is 0 Å². The van der Waals surface area contributed by atoms with E-state index in [-0.39, 0.29) is 11.8 Å². The lowest BCUT2D eigenvalue weighted by Crippen LogP contribution is -2.27. The summed E-state index contributed by atoms with van der Waals surface area (Å²) >= 11 is 0. The number of anilines is 1. The van der Waals surface area contributed by atoms with Crippen LogP contribution in [0.4, 0.5) is 5.69 Å². The van der Waals surface area contributed by atoms with Gasteiger partial charge in [0.2, 0.25) is 5.76 Å². The summed E-state index contributed by atoms with van der Waals surface area (Å²) in [6.45, 7) is 3.52. The summed E-state index contributed by atoms with van der Waals surface area (Å²) in [5.41, 5.74) is 1.01. The molecule has 1 aliphatic heterocycles. The van der Waals surface area contributed by atoms with Crippen molar-refractivity contribution in [3.05, 3.63) is 47.9 Å². The first-order chi connectivity index (χ1) is 10.2. The van der Waals surface area contributed by atoms with Gasteiger partial charge in [0.15, 0.2) is 0 Å². The predicted octanol–water partition coefficient (Wildman–Crippen LogP) is 3.33. The van der Waals surface area contributed by atoms with Gasteiger partial charge >= 0.3 is 5.97 Å². The summed E-state index contributed by atoms with van der Waals surface area (Å²) < 4.78 is 11.2. The SMILES string of the molecule is CC(c1ccc(C(=O)O)o1)N1CCCOc2ccccc21. The van der Waals surface area contributed by atoms with Crippen LogP contribution in [0.2, 0.25) is 0 Å². The molecule has 2 aromatic rings. The van der Waals surface area contributed by atoms with Crippen LogP contribution in [-0.4, -0.2) is 24.2 Å². The van der Waals surface area contributed by atoms with Crippen LogP contribution in [0.15, 0.2) is 40.8 Å². The zero-order valence-corrected chi connectivity index (χ0v) is 11.8. The summed E-state index contributed by atoms with van der Waals surface area (Å²) in [4.78, 5) is 13.1. The molecule has 1 aliphatic rings. The highest BCUT2D eigenvalue weighted by Gasteiger charge is 2.24. The van der Waals surface area contributed by atoms with Crippen molar-refractivity contribution < 1.29 is 19.1 Å². The second kappa shape index (κ2) is 5.52. The van der Waals surface area contributed by atoms with Crippen molar-refractivity contribution in [2.45, 2.75) is 19.4 Å². The Labute approximate surface area is 122 Å². The average Bonchev–Trinajstić information content (AvgIpc) is 2.88. The van der Waals surface area contributed by atoms with Gasteiger partial charge in [0.1, 0.15) is 11.5 Å². The average molecular weight is 287 g/mol. The minimum atomic E-state index is -1.05. The number of aromatic carboxylic acids is 1. The van der Waals surface area contributed by atoms with Gasteiger partial charge in [0.05, 0.1) is 18.3 Å². The Morgan fingerprint density at radius 2 is 2.10 bits per heavy atom. The van der Waals surface area contributed by atoms with Crippen molar-refractivity contribution in [1.82, 2.24) is 0 Å². The molecular weight excluding hydrogens is 270 g/mol. The van der Waals surface area contributed by atoms with E-state index in [1.807, 2.05) is 31.2 Å². The van der Waals surface area contributed by atoms with E-state index in [4.69, 9.17) is 14.3 Å². The third-order valence-corrected chi connectivity index (χ3v) is 3.69. The molecule has 1 N–H and O–H groups in total. The molecule has 0 radical (unpaired) electrons. The molecule has 2 heterocycles. The lowest BCUT2D eigenvalue weighted by atomic mass is 10.1. The molecule has 0 spiro atoms. The second-order valence-corrected chi connectivity index (χ2v) is 5.05. The monoisotopic (exact) mass is 287 g/mol. The van der Waals surface area contributed by atoms with E-state index in [2.05, 4.69) is 4.90 Å². The molecule has 5 nitrogen and oxygen atoms in total. The molecule has 1 aromatic heterocycles. The molecule has 110 valence electrons. The van der Waals surface area contributed by atoms with Gasteiger partial charge in [-0.3, -0.25) is 0 Å². The first kappa shape index (κ1) is 13.5. The molecule has 5 heteroatoms. The molecular formula is C16H17NO4. The van der Waals surface area contributed by atoms with E-state index in [0.717, 1.165) is 24.4 Å². The third-order valence-electron chi connectivity index (χ3n) is 3.69. The minimum Gasteiger partial charge on any atom is -0.491 e. The smallest absolute Gasteiger partial charge is 0.371 e. The van der Waals surface area contributed by atoms with E-state index < -0.39 is 5.97 Å². The van der Waals surface area contributed by atoms with E-state index in [1.54, 1.807) is 6.07 Å². The Morgan fingerprint density at radius 1 is 1.29 bits per heavy atom. The molecule has 1 atom stereocenters. The van der Waals surface area contributed by atoms with Crippen LogP contribution in [0.1, 0.15) is 35.7 Å². The van der Waals surface area contributed by atoms with Crippen LogP contribution in [0, 0.1) is 0 Å². The number of fused-ring (bicyclic) bond motifs is 1. The number of hydrogen-bond donors (Lipinski definition) is 1. The topological polar surface area (TPSA) is 62.9 Å². The van der Waals surface area contributed by atoms with Crippen molar-refractivity contribution in [2.24, 2.45) is 0 Å². The van der Waals surface area contributed by atoms with Crippen LogP contribution in [-0.2, 0) is 0 Å². The van der Waals surface area contributed by atoms with Crippen LogP contribution in [0.5, 0.6) is 5.75 Å². The first-order valence-corrected chi connectivity index (χ1v) is 6.98. The van der Waals surface area contributed by atoms with Gasteiger partial charge in [-0.1, -0.05) is 12.1 Å². The maximum atomic E-state index is 10.9.